The second kappa shape index (κ2) is 13.9. The first-order valence-corrected chi connectivity index (χ1v) is 14.2. The molecule has 0 aliphatic carbocycles. The third kappa shape index (κ3) is 8.29. The first-order chi connectivity index (χ1) is 19.8. The highest BCUT2D eigenvalue weighted by Crippen LogP contribution is 2.30. The van der Waals surface area contributed by atoms with Gasteiger partial charge in [-0.3, -0.25) is 14.2 Å². The van der Waals surface area contributed by atoms with Gasteiger partial charge in [-0.05, 0) is 64.7 Å². The van der Waals surface area contributed by atoms with E-state index in [2.05, 4.69) is 11.4 Å². The van der Waals surface area contributed by atoms with Gasteiger partial charge in [0.25, 0.3) is 11.5 Å². The number of carbonyl (C=O) groups excluding carboxylic acids is 2. The Morgan fingerprint density at radius 2 is 1.71 bits per heavy atom. The van der Waals surface area contributed by atoms with Crippen LogP contribution in [0, 0.1) is 31.1 Å². The predicted octanol–water partition coefficient (Wildman–Crippen LogP) is 5.53. The average molecular weight is 572 g/mol. The van der Waals surface area contributed by atoms with Gasteiger partial charge in [0.05, 0.1) is 18.2 Å². The third-order valence-corrected chi connectivity index (χ3v) is 6.75. The summed E-state index contributed by atoms with van der Waals surface area (Å²) in [6.45, 7) is 13.6. The lowest BCUT2D eigenvalue weighted by molar-refractivity contribution is 0.0519. The van der Waals surface area contributed by atoms with Crippen LogP contribution in [0.1, 0.15) is 85.6 Å². The van der Waals surface area contributed by atoms with E-state index in [-0.39, 0.29) is 48.3 Å². The number of benzene rings is 2. The minimum atomic E-state index is -0.635. The molecule has 1 aromatic heterocycles. The zero-order valence-electron chi connectivity index (χ0n) is 25.6. The molecule has 1 unspecified atom stereocenters. The fourth-order valence-corrected chi connectivity index (χ4v) is 4.70. The maximum Gasteiger partial charge on any atom is 0.407 e. The van der Waals surface area contributed by atoms with E-state index in [0.29, 0.717) is 17.8 Å². The highest BCUT2D eigenvalue weighted by Gasteiger charge is 2.33. The number of nitrogens with one attached hydrogen (secondary N) is 1. The number of carbonyl (C=O) groups is 2. The molecule has 0 saturated heterocycles. The summed E-state index contributed by atoms with van der Waals surface area (Å²) in [6, 6.07) is 18.3. The number of nitriles is 1. The summed E-state index contributed by atoms with van der Waals surface area (Å²) in [4.78, 5) is 46.4. The standard InChI is InChI=1S/C33H41N5O4/c1-22(2)28(29-36-27(20-34)24(4)30(39)38(29)21-25-12-9-8-10-13-25)37(31(40)26-16-14-23(3)15-17-26)19-11-18-35-32(41)42-33(5,6)7/h8-10,12-17,22,28H,11,18-19,21H2,1-7H3,(H,35,41). The van der Waals surface area contributed by atoms with Crippen LogP contribution < -0.4 is 10.9 Å². The summed E-state index contributed by atoms with van der Waals surface area (Å²) in [5, 5.41) is 12.6. The van der Waals surface area contributed by atoms with Gasteiger partial charge in [0.2, 0.25) is 0 Å². The number of rotatable bonds is 10. The van der Waals surface area contributed by atoms with E-state index in [1.54, 1.807) is 49.3 Å². The summed E-state index contributed by atoms with van der Waals surface area (Å²) in [6.07, 6.45) is -0.102. The Morgan fingerprint density at radius 3 is 2.29 bits per heavy atom. The second-order valence-corrected chi connectivity index (χ2v) is 11.8. The van der Waals surface area contributed by atoms with Crippen LogP contribution in [0.3, 0.4) is 0 Å². The van der Waals surface area contributed by atoms with Crippen molar-refractivity contribution in [3.8, 4) is 6.07 Å². The Bertz CT molecular complexity index is 1480. The van der Waals surface area contributed by atoms with Crippen molar-refractivity contribution in [2.45, 2.75) is 73.1 Å². The molecule has 0 radical (unpaired) electrons. The third-order valence-electron chi connectivity index (χ3n) is 6.75. The molecule has 0 fully saturated rings. The first-order valence-electron chi connectivity index (χ1n) is 14.2. The molecule has 0 aliphatic rings. The molecule has 1 N–H and O–H groups in total. The Morgan fingerprint density at radius 1 is 1.07 bits per heavy atom. The van der Waals surface area contributed by atoms with Crippen molar-refractivity contribution in [1.29, 1.82) is 5.26 Å². The molecule has 1 heterocycles. The Labute approximate surface area is 248 Å². The van der Waals surface area contributed by atoms with Crippen molar-refractivity contribution in [2.24, 2.45) is 5.92 Å². The molecule has 2 aromatic carbocycles. The van der Waals surface area contributed by atoms with Gasteiger partial charge in [-0.2, -0.15) is 5.26 Å². The van der Waals surface area contributed by atoms with Gasteiger partial charge in [-0.15, -0.1) is 0 Å². The summed E-state index contributed by atoms with van der Waals surface area (Å²) < 4.78 is 6.91. The molecule has 9 nitrogen and oxygen atoms in total. The van der Waals surface area contributed by atoms with Crippen LogP contribution in [0.5, 0.6) is 0 Å². The lowest BCUT2D eigenvalue weighted by atomic mass is 9.98. The first kappa shape index (κ1) is 32.1. The van der Waals surface area contributed by atoms with Crippen LogP contribution >= 0.6 is 0 Å². The molecule has 0 spiro atoms. The molecule has 1 atom stereocenters. The van der Waals surface area contributed by atoms with Gasteiger partial charge in [0, 0.05) is 18.7 Å². The van der Waals surface area contributed by atoms with Crippen molar-refractivity contribution < 1.29 is 14.3 Å². The zero-order chi connectivity index (χ0) is 31.0. The predicted molar refractivity (Wildman–Crippen MR) is 162 cm³/mol. The Hall–Kier alpha value is -4.45. The van der Waals surface area contributed by atoms with Crippen molar-refractivity contribution in [1.82, 2.24) is 19.8 Å². The second-order valence-electron chi connectivity index (χ2n) is 11.8. The number of alkyl carbamates (subject to hydrolysis) is 1. The van der Waals surface area contributed by atoms with Gasteiger partial charge in [0.1, 0.15) is 17.5 Å². The van der Waals surface area contributed by atoms with Gasteiger partial charge >= 0.3 is 6.09 Å². The highest BCUT2D eigenvalue weighted by molar-refractivity contribution is 5.94. The lowest BCUT2D eigenvalue weighted by Gasteiger charge is -2.35. The largest absolute Gasteiger partial charge is 0.444 e. The summed E-state index contributed by atoms with van der Waals surface area (Å²) in [5.74, 6) is -0.0477. The van der Waals surface area contributed by atoms with Crippen LogP contribution in [0.25, 0.3) is 0 Å². The van der Waals surface area contributed by atoms with E-state index in [0.717, 1.165) is 11.1 Å². The number of ether oxygens (including phenoxy) is 1. The van der Waals surface area contributed by atoms with Crippen LogP contribution in [-0.2, 0) is 11.3 Å². The number of hydrogen-bond donors (Lipinski definition) is 1. The maximum atomic E-state index is 14.1. The molecule has 3 rings (SSSR count). The van der Waals surface area contributed by atoms with Gasteiger partial charge in [0.15, 0.2) is 5.69 Å². The minimum Gasteiger partial charge on any atom is -0.444 e. The number of amides is 2. The molecule has 222 valence electrons. The Balaban J connectivity index is 2.08. The van der Waals surface area contributed by atoms with Crippen LogP contribution in [0.2, 0.25) is 0 Å². The van der Waals surface area contributed by atoms with Crippen molar-refractivity contribution in [3.63, 3.8) is 0 Å². The number of nitrogens with zero attached hydrogens (tertiary/aromatic N) is 4. The van der Waals surface area contributed by atoms with Crippen LogP contribution in [-0.4, -0.2) is 45.1 Å². The molecule has 0 aliphatic heterocycles. The lowest BCUT2D eigenvalue weighted by Crippen LogP contribution is -2.43. The van der Waals surface area contributed by atoms with E-state index in [1.807, 2.05) is 63.2 Å². The van der Waals surface area contributed by atoms with E-state index >= 15 is 0 Å². The summed E-state index contributed by atoms with van der Waals surface area (Å²) >= 11 is 0. The van der Waals surface area contributed by atoms with Gasteiger partial charge in [-0.25, -0.2) is 9.78 Å². The molecular formula is C33H41N5O4. The summed E-state index contributed by atoms with van der Waals surface area (Å²) in [7, 11) is 0. The quantitative estimate of drug-likeness (QED) is 0.320. The normalized spacial score (nSPS) is 12.0. The van der Waals surface area contributed by atoms with Crippen LogP contribution in [0.4, 0.5) is 4.79 Å². The minimum absolute atomic E-state index is 0.0410. The van der Waals surface area contributed by atoms with E-state index in [1.165, 1.54) is 0 Å². The number of aromatic nitrogens is 2. The maximum absolute atomic E-state index is 14.1. The number of aryl methyl sites for hydroxylation is 1. The molecule has 9 heteroatoms. The topological polar surface area (TPSA) is 117 Å². The molecule has 3 aromatic rings. The van der Waals surface area contributed by atoms with E-state index in [4.69, 9.17) is 9.72 Å². The molecule has 42 heavy (non-hydrogen) atoms. The van der Waals surface area contributed by atoms with Crippen molar-refractivity contribution >= 4 is 12.0 Å². The molecule has 2 amide bonds. The fourth-order valence-electron chi connectivity index (χ4n) is 4.70. The SMILES string of the molecule is Cc1ccc(C(=O)N(CCCNC(=O)OC(C)(C)C)C(c2nc(C#N)c(C)c(=O)n2Cc2ccccc2)C(C)C)cc1. The van der Waals surface area contributed by atoms with E-state index in [9.17, 15) is 19.6 Å². The molecule has 0 bridgehead atoms. The highest BCUT2D eigenvalue weighted by atomic mass is 16.6. The molecule has 0 saturated carbocycles. The fraction of sp³-hybridized carbons (Fsp3) is 0.424. The number of hydrogen-bond acceptors (Lipinski definition) is 6. The summed E-state index contributed by atoms with van der Waals surface area (Å²) in [5.41, 5.74) is 1.77. The van der Waals surface area contributed by atoms with Crippen LogP contribution in [0.15, 0.2) is 59.4 Å². The van der Waals surface area contributed by atoms with E-state index < -0.39 is 17.7 Å². The Kier molecular flexibility index (Phi) is 10.6. The molecular weight excluding hydrogens is 530 g/mol. The smallest absolute Gasteiger partial charge is 0.407 e. The van der Waals surface area contributed by atoms with Gasteiger partial charge < -0.3 is 15.0 Å². The monoisotopic (exact) mass is 571 g/mol. The zero-order valence-corrected chi connectivity index (χ0v) is 25.6. The van der Waals surface area contributed by atoms with Crippen molar-refractivity contribution in [3.05, 3.63) is 98.7 Å². The average Bonchev–Trinajstić information content (AvgIpc) is 2.93. The van der Waals surface area contributed by atoms with Crippen molar-refractivity contribution in [2.75, 3.05) is 13.1 Å². The van der Waals surface area contributed by atoms with Gasteiger partial charge in [-0.1, -0.05) is 61.9 Å².